The zero-order valence-electron chi connectivity index (χ0n) is 8.09. The van der Waals surface area contributed by atoms with Gasteiger partial charge in [0.2, 0.25) is 0 Å². The maximum absolute atomic E-state index is 13.1. The van der Waals surface area contributed by atoms with Crippen molar-refractivity contribution >= 4 is 39.1 Å². The van der Waals surface area contributed by atoms with Crippen LogP contribution in [0.15, 0.2) is 16.6 Å². The van der Waals surface area contributed by atoms with Gasteiger partial charge < -0.3 is 11.1 Å². The van der Waals surface area contributed by atoms with E-state index in [-0.39, 0.29) is 5.82 Å². The van der Waals surface area contributed by atoms with Crippen LogP contribution in [0, 0.1) is 5.82 Å². The third-order valence-corrected chi connectivity index (χ3v) is 4.15. The third kappa shape index (κ3) is 2.58. The first kappa shape index (κ1) is 11.1. The molecule has 1 atom stereocenters. The Morgan fingerprint density at radius 1 is 1.53 bits per heavy atom. The van der Waals surface area contributed by atoms with Crippen LogP contribution >= 0.6 is 27.7 Å². The maximum Gasteiger partial charge on any atom is 0.139 e. The molecule has 0 radical (unpaired) electrons. The molecular formula is C10H12BrFN2S. The molecule has 0 spiro atoms. The van der Waals surface area contributed by atoms with Crippen molar-refractivity contribution in [3.8, 4) is 0 Å². The van der Waals surface area contributed by atoms with Gasteiger partial charge in [0.25, 0.3) is 0 Å². The first-order valence-corrected chi connectivity index (χ1v) is 6.70. The van der Waals surface area contributed by atoms with Gasteiger partial charge in [0.1, 0.15) is 5.82 Å². The van der Waals surface area contributed by atoms with Crippen LogP contribution in [-0.2, 0) is 0 Å². The van der Waals surface area contributed by atoms with E-state index in [1.807, 2.05) is 11.8 Å². The highest BCUT2D eigenvalue weighted by Crippen LogP contribution is 2.29. The van der Waals surface area contributed by atoms with Crippen LogP contribution in [0.2, 0.25) is 0 Å². The van der Waals surface area contributed by atoms with E-state index in [0.29, 0.717) is 16.2 Å². The van der Waals surface area contributed by atoms with Crippen molar-refractivity contribution in [2.75, 3.05) is 22.6 Å². The van der Waals surface area contributed by atoms with E-state index in [4.69, 9.17) is 5.73 Å². The number of benzene rings is 1. The summed E-state index contributed by atoms with van der Waals surface area (Å²) in [6, 6.07) is 3.50. The molecule has 1 fully saturated rings. The molecule has 0 saturated carbocycles. The molecule has 2 rings (SSSR count). The largest absolute Gasteiger partial charge is 0.397 e. The highest BCUT2D eigenvalue weighted by Gasteiger charge is 2.16. The van der Waals surface area contributed by atoms with Gasteiger partial charge in [-0.15, -0.1) is 0 Å². The molecule has 1 aliphatic heterocycles. The second-order valence-electron chi connectivity index (χ2n) is 3.56. The molecule has 1 unspecified atom stereocenters. The monoisotopic (exact) mass is 290 g/mol. The summed E-state index contributed by atoms with van der Waals surface area (Å²) in [5.41, 5.74) is 7.02. The van der Waals surface area contributed by atoms with Crippen molar-refractivity contribution in [1.29, 1.82) is 0 Å². The molecule has 82 valence electrons. The van der Waals surface area contributed by atoms with Crippen LogP contribution < -0.4 is 11.1 Å². The topological polar surface area (TPSA) is 38.0 Å². The number of nitrogen functional groups attached to an aromatic ring is 1. The minimum Gasteiger partial charge on any atom is -0.397 e. The standard InChI is InChI=1S/C10H12BrFN2S/c11-7-3-10(9(13)4-8(7)12)14-6-1-2-15-5-6/h3-4,6,14H,1-2,5,13H2. The van der Waals surface area contributed by atoms with Crippen LogP contribution in [-0.4, -0.2) is 17.5 Å². The lowest BCUT2D eigenvalue weighted by Gasteiger charge is -2.15. The molecule has 1 saturated heterocycles. The van der Waals surface area contributed by atoms with E-state index < -0.39 is 0 Å². The zero-order chi connectivity index (χ0) is 10.8. The van der Waals surface area contributed by atoms with Crippen LogP contribution in [0.3, 0.4) is 0 Å². The van der Waals surface area contributed by atoms with Crippen molar-refractivity contribution in [3.05, 3.63) is 22.4 Å². The molecule has 0 aliphatic carbocycles. The van der Waals surface area contributed by atoms with E-state index in [1.54, 1.807) is 6.07 Å². The fraction of sp³-hybridized carbons (Fsp3) is 0.400. The van der Waals surface area contributed by atoms with Gasteiger partial charge >= 0.3 is 0 Å². The molecule has 15 heavy (non-hydrogen) atoms. The highest BCUT2D eigenvalue weighted by atomic mass is 79.9. The molecular weight excluding hydrogens is 279 g/mol. The van der Waals surface area contributed by atoms with Gasteiger partial charge in [-0.1, -0.05) is 0 Å². The summed E-state index contributed by atoms with van der Waals surface area (Å²) in [5, 5.41) is 3.33. The summed E-state index contributed by atoms with van der Waals surface area (Å²) in [5.74, 6) is 1.95. The van der Waals surface area contributed by atoms with Gasteiger partial charge in [-0.25, -0.2) is 4.39 Å². The van der Waals surface area contributed by atoms with Crippen LogP contribution in [0.25, 0.3) is 0 Å². The summed E-state index contributed by atoms with van der Waals surface area (Å²) in [7, 11) is 0. The smallest absolute Gasteiger partial charge is 0.139 e. The van der Waals surface area contributed by atoms with Gasteiger partial charge in [0.05, 0.1) is 15.8 Å². The van der Waals surface area contributed by atoms with Crippen LogP contribution in [0.5, 0.6) is 0 Å². The number of hydrogen-bond acceptors (Lipinski definition) is 3. The first-order valence-electron chi connectivity index (χ1n) is 4.75. The van der Waals surface area contributed by atoms with Gasteiger partial charge in [0, 0.05) is 17.9 Å². The zero-order valence-corrected chi connectivity index (χ0v) is 10.5. The van der Waals surface area contributed by atoms with Crippen LogP contribution in [0.4, 0.5) is 15.8 Å². The SMILES string of the molecule is Nc1cc(F)c(Br)cc1NC1CCSC1. The Kier molecular flexibility index (Phi) is 3.41. The van der Waals surface area contributed by atoms with Gasteiger partial charge in [-0.3, -0.25) is 0 Å². The molecule has 3 N–H and O–H groups in total. The Hall–Kier alpha value is -0.420. The minimum absolute atomic E-state index is 0.321. The van der Waals surface area contributed by atoms with E-state index in [9.17, 15) is 4.39 Å². The molecule has 0 amide bonds. The predicted octanol–water partition coefficient (Wildman–Crippen LogP) is 3.09. The van der Waals surface area contributed by atoms with E-state index >= 15 is 0 Å². The lowest BCUT2D eigenvalue weighted by Crippen LogP contribution is -2.19. The minimum atomic E-state index is -0.321. The van der Waals surface area contributed by atoms with Crippen molar-refractivity contribution in [1.82, 2.24) is 0 Å². The fourth-order valence-corrected chi connectivity index (χ4v) is 3.05. The Bertz CT molecular complexity index is 367. The maximum atomic E-state index is 13.1. The van der Waals surface area contributed by atoms with Gasteiger partial charge in [0.15, 0.2) is 0 Å². The molecule has 1 aromatic rings. The average Bonchev–Trinajstić information content (AvgIpc) is 2.67. The Morgan fingerprint density at radius 3 is 3.00 bits per heavy atom. The molecule has 1 aliphatic rings. The van der Waals surface area contributed by atoms with Crippen molar-refractivity contribution in [3.63, 3.8) is 0 Å². The van der Waals surface area contributed by atoms with E-state index in [1.165, 1.54) is 11.8 Å². The molecule has 1 aromatic carbocycles. The summed E-state index contributed by atoms with van der Waals surface area (Å²) < 4.78 is 13.6. The molecule has 5 heteroatoms. The quantitative estimate of drug-likeness (QED) is 0.822. The number of hydrogen-bond donors (Lipinski definition) is 2. The summed E-state index contributed by atoms with van der Waals surface area (Å²) in [6.07, 6.45) is 1.14. The number of nitrogens with two attached hydrogens (primary N) is 1. The van der Waals surface area contributed by atoms with Crippen molar-refractivity contribution < 1.29 is 4.39 Å². The number of nitrogens with one attached hydrogen (secondary N) is 1. The van der Waals surface area contributed by atoms with Gasteiger partial charge in [-0.2, -0.15) is 11.8 Å². The number of halogens is 2. The van der Waals surface area contributed by atoms with Crippen molar-refractivity contribution in [2.24, 2.45) is 0 Å². The summed E-state index contributed by atoms with van der Waals surface area (Å²) in [4.78, 5) is 0. The Balaban J connectivity index is 2.16. The van der Waals surface area contributed by atoms with Gasteiger partial charge in [-0.05, 0) is 34.2 Å². The average molecular weight is 291 g/mol. The first-order chi connectivity index (χ1) is 7.16. The lowest BCUT2D eigenvalue weighted by atomic mass is 10.2. The van der Waals surface area contributed by atoms with E-state index in [0.717, 1.165) is 17.9 Å². The number of thioether (sulfide) groups is 1. The highest BCUT2D eigenvalue weighted by molar-refractivity contribution is 9.10. The van der Waals surface area contributed by atoms with Crippen LogP contribution in [0.1, 0.15) is 6.42 Å². The van der Waals surface area contributed by atoms with Crippen molar-refractivity contribution in [2.45, 2.75) is 12.5 Å². The predicted molar refractivity (Wildman–Crippen MR) is 67.9 cm³/mol. The normalized spacial score (nSPS) is 20.5. The summed E-state index contributed by atoms with van der Waals surface area (Å²) in [6.45, 7) is 0. The number of anilines is 2. The number of rotatable bonds is 2. The third-order valence-electron chi connectivity index (χ3n) is 2.38. The molecule has 0 aromatic heterocycles. The molecule has 0 bridgehead atoms. The Labute approximate surface area is 101 Å². The van der Waals surface area contributed by atoms with E-state index in [2.05, 4.69) is 21.2 Å². The second kappa shape index (κ2) is 4.61. The summed E-state index contributed by atoms with van der Waals surface area (Å²) >= 11 is 5.08. The Morgan fingerprint density at radius 2 is 2.33 bits per heavy atom. The molecule has 1 heterocycles. The fourth-order valence-electron chi connectivity index (χ4n) is 1.56. The second-order valence-corrected chi connectivity index (χ2v) is 5.56. The lowest BCUT2D eigenvalue weighted by molar-refractivity contribution is 0.622. The molecule has 2 nitrogen and oxygen atoms in total.